The molecule has 2 heterocycles. The van der Waals surface area contributed by atoms with Crippen LogP contribution in [0.15, 0.2) is 59.5 Å². The summed E-state index contributed by atoms with van der Waals surface area (Å²) in [4.78, 5) is 28.3. The van der Waals surface area contributed by atoms with Crippen molar-refractivity contribution in [2.45, 2.75) is 24.9 Å². The number of urea groups is 1. The highest BCUT2D eigenvalue weighted by Gasteiger charge is 2.34. The number of amides is 2. The van der Waals surface area contributed by atoms with Crippen LogP contribution in [0.3, 0.4) is 0 Å². The molecule has 150 valence electrons. The van der Waals surface area contributed by atoms with E-state index in [9.17, 15) is 14.7 Å². The third-order valence-electron chi connectivity index (χ3n) is 4.77. The zero-order valence-electron chi connectivity index (χ0n) is 15.4. The highest BCUT2D eigenvalue weighted by atomic mass is 16.5. The molecule has 1 saturated heterocycles. The molecule has 1 aliphatic rings. The van der Waals surface area contributed by atoms with Crippen molar-refractivity contribution in [2.24, 2.45) is 0 Å². The van der Waals surface area contributed by atoms with E-state index in [1.54, 1.807) is 6.07 Å². The second-order valence-corrected chi connectivity index (χ2v) is 6.76. The number of hydrogen-bond donors (Lipinski definition) is 4. The topological polar surface area (TPSA) is 126 Å². The molecule has 9 nitrogen and oxygen atoms in total. The van der Waals surface area contributed by atoms with E-state index in [2.05, 4.69) is 15.6 Å². The van der Waals surface area contributed by atoms with Gasteiger partial charge in [-0.25, -0.2) is 9.59 Å². The standard InChI is InChI=1S/C20H20N4O5/c25-11-16-15(26)10-18(29-16)24-8-7-17(23-20(24)28)22-19(27)21-14-6-5-12-3-1-2-4-13(12)9-14/h1-9,15-16,18,25-26H,10-11H2,(H2,21,22,23,27,28)/t15-,16?,18?/m1/s1. The quantitative estimate of drug-likeness (QED) is 0.532. The van der Waals surface area contributed by atoms with Crippen molar-refractivity contribution in [1.29, 1.82) is 0 Å². The van der Waals surface area contributed by atoms with Crippen LogP contribution in [0.5, 0.6) is 0 Å². The smallest absolute Gasteiger partial charge is 0.351 e. The lowest BCUT2D eigenvalue weighted by Crippen LogP contribution is -2.29. The maximum Gasteiger partial charge on any atom is 0.351 e. The van der Waals surface area contributed by atoms with E-state index >= 15 is 0 Å². The first-order chi connectivity index (χ1) is 14.0. The van der Waals surface area contributed by atoms with Crippen LogP contribution in [0, 0.1) is 0 Å². The van der Waals surface area contributed by atoms with Gasteiger partial charge in [-0.3, -0.25) is 9.88 Å². The molecule has 1 aromatic heterocycles. The maximum absolute atomic E-state index is 12.3. The molecule has 4 rings (SSSR count). The fourth-order valence-electron chi connectivity index (χ4n) is 3.30. The van der Waals surface area contributed by atoms with Crippen LogP contribution in [0.2, 0.25) is 0 Å². The molecular formula is C20H20N4O5. The summed E-state index contributed by atoms with van der Waals surface area (Å²) in [7, 11) is 0. The Morgan fingerprint density at radius 2 is 1.97 bits per heavy atom. The second-order valence-electron chi connectivity index (χ2n) is 6.76. The third-order valence-corrected chi connectivity index (χ3v) is 4.77. The summed E-state index contributed by atoms with van der Waals surface area (Å²) >= 11 is 0. The van der Waals surface area contributed by atoms with E-state index in [0.29, 0.717) is 5.69 Å². The zero-order chi connectivity index (χ0) is 20.4. The van der Waals surface area contributed by atoms with Gasteiger partial charge in [0.1, 0.15) is 18.1 Å². The number of anilines is 2. The predicted octanol–water partition coefficient (Wildman–Crippen LogP) is 1.68. The molecule has 3 aromatic rings. The average molecular weight is 396 g/mol. The van der Waals surface area contributed by atoms with Crippen LogP contribution in [0.25, 0.3) is 10.8 Å². The lowest BCUT2D eigenvalue weighted by atomic mass is 10.1. The molecular weight excluding hydrogens is 376 g/mol. The highest BCUT2D eigenvalue weighted by molar-refractivity contribution is 6.00. The Hall–Kier alpha value is -3.27. The first kappa shape index (κ1) is 19.1. The van der Waals surface area contributed by atoms with Crippen LogP contribution >= 0.6 is 0 Å². The monoisotopic (exact) mass is 396 g/mol. The van der Waals surface area contributed by atoms with Gasteiger partial charge in [0.15, 0.2) is 0 Å². The Labute approximate surface area is 165 Å². The zero-order valence-corrected chi connectivity index (χ0v) is 15.4. The largest absolute Gasteiger partial charge is 0.394 e. The number of aliphatic hydroxyl groups excluding tert-OH is 2. The third kappa shape index (κ3) is 4.11. The summed E-state index contributed by atoms with van der Waals surface area (Å²) in [5.41, 5.74) is -0.0257. The van der Waals surface area contributed by atoms with E-state index in [1.807, 2.05) is 36.4 Å². The molecule has 0 aliphatic carbocycles. The fraction of sp³-hybridized carbons (Fsp3) is 0.250. The van der Waals surface area contributed by atoms with Crippen LogP contribution < -0.4 is 16.3 Å². The number of aromatic nitrogens is 2. The normalized spacial score (nSPS) is 21.2. The minimum atomic E-state index is -0.859. The molecule has 0 saturated carbocycles. The number of nitrogens with one attached hydrogen (secondary N) is 2. The van der Waals surface area contributed by atoms with Crippen molar-refractivity contribution >= 4 is 28.3 Å². The highest BCUT2D eigenvalue weighted by Crippen LogP contribution is 2.27. The van der Waals surface area contributed by atoms with Crippen LogP contribution in [0.1, 0.15) is 12.6 Å². The lowest BCUT2D eigenvalue weighted by molar-refractivity contribution is -0.0458. The first-order valence-electron chi connectivity index (χ1n) is 9.14. The Morgan fingerprint density at radius 3 is 2.69 bits per heavy atom. The number of carbonyl (C=O) groups is 1. The molecule has 9 heteroatoms. The van der Waals surface area contributed by atoms with Crippen molar-refractivity contribution in [3.63, 3.8) is 0 Å². The van der Waals surface area contributed by atoms with E-state index < -0.39 is 30.2 Å². The molecule has 0 radical (unpaired) electrons. The van der Waals surface area contributed by atoms with Crippen molar-refractivity contribution in [2.75, 3.05) is 17.2 Å². The average Bonchev–Trinajstić information content (AvgIpc) is 3.08. The van der Waals surface area contributed by atoms with E-state index in [-0.39, 0.29) is 18.8 Å². The van der Waals surface area contributed by atoms with E-state index in [4.69, 9.17) is 9.84 Å². The van der Waals surface area contributed by atoms with Gasteiger partial charge in [-0.1, -0.05) is 30.3 Å². The summed E-state index contributed by atoms with van der Waals surface area (Å²) < 4.78 is 6.66. The van der Waals surface area contributed by atoms with Crippen LogP contribution in [0.4, 0.5) is 16.3 Å². The Kier molecular flexibility index (Phi) is 5.26. The van der Waals surface area contributed by atoms with Crippen molar-refractivity contribution in [3.8, 4) is 0 Å². The summed E-state index contributed by atoms with van der Waals surface area (Å²) in [6, 6.07) is 14.3. The van der Waals surface area contributed by atoms with Gasteiger partial charge in [0.25, 0.3) is 0 Å². The molecule has 2 amide bonds. The van der Waals surface area contributed by atoms with Gasteiger partial charge >= 0.3 is 11.7 Å². The van der Waals surface area contributed by atoms with E-state index in [0.717, 1.165) is 10.8 Å². The number of hydrogen-bond acceptors (Lipinski definition) is 6. The Morgan fingerprint density at radius 1 is 1.17 bits per heavy atom. The molecule has 29 heavy (non-hydrogen) atoms. The fourth-order valence-corrected chi connectivity index (χ4v) is 3.30. The molecule has 1 fully saturated rings. The minimum absolute atomic E-state index is 0.0850. The molecule has 2 unspecified atom stereocenters. The van der Waals surface area contributed by atoms with Crippen molar-refractivity contribution in [1.82, 2.24) is 9.55 Å². The maximum atomic E-state index is 12.3. The van der Waals surface area contributed by atoms with Gasteiger partial charge in [-0.05, 0) is 29.0 Å². The Balaban J connectivity index is 1.43. The number of rotatable bonds is 4. The predicted molar refractivity (Wildman–Crippen MR) is 107 cm³/mol. The molecule has 0 spiro atoms. The number of fused-ring (bicyclic) bond motifs is 1. The van der Waals surface area contributed by atoms with Crippen LogP contribution in [-0.2, 0) is 4.74 Å². The van der Waals surface area contributed by atoms with Gasteiger partial charge in [0.05, 0.1) is 12.7 Å². The number of carbonyl (C=O) groups excluding carboxylic acids is 1. The van der Waals surface area contributed by atoms with Crippen molar-refractivity contribution in [3.05, 3.63) is 65.2 Å². The summed E-state index contributed by atoms with van der Waals surface area (Å²) in [6.45, 7) is -0.339. The summed E-state index contributed by atoms with van der Waals surface area (Å²) in [6.07, 6.45) is -0.720. The van der Waals surface area contributed by atoms with Crippen LogP contribution in [-0.4, -0.2) is 44.6 Å². The molecule has 3 atom stereocenters. The number of nitrogens with zero attached hydrogens (tertiary/aromatic N) is 2. The lowest BCUT2D eigenvalue weighted by Gasteiger charge is -2.14. The van der Waals surface area contributed by atoms with E-state index in [1.165, 1.54) is 16.8 Å². The molecule has 4 N–H and O–H groups in total. The van der Waals surface area contributed by atoms with Gasteiger partial charge in [0.2, 0.25) is 0 Å². The molecule has 0 bridgehead atoms. The van der Waals surface area contributed by atoms with Gasteiger partial charge in [0, 0.05) is 18.3 Å². The number of aliphatic hydroxyl groups is 2. The van der Waals surface area contributed by atoms with Gasteiger partial charge in [-0.15, -0.1) is 0 Å². The number of ether oxygens (including phenoxy) is 1. The second kappa shape index (κ2) is 8.00. The Bertz CT molecular complexity index is 1100. The summed E-state index contributed by atoms with van der Waals surface area (Å²) in [5, 5.41) is 26.2. The van der Waals surface area contributed by atoms with Crippen molar-refractivity contribution < 1.29 is 19.7 Å². The van der Waals surface area contributed by atoms with Gasteiger partial charge in [-0.2, -0.15) is 4.98 Å². The van der Waals surface area contributed by atoms with Gasteiger partial charge < -0.3 is 20.3 Å². The minimum Gasteiger partial charge on any atom is -0.394 e. The summed E-state index contributed by atoms with van der Waals surface area (Å²) in [5.74, 6) is 0.0850. The number of benzene rings is 2. The molecule has 1 aliphatic heterocycles. The SMILES string of the molecule is O=C(Nc1ccc2ccccc2c1)Nc1ccn(C2C[C@@H](O)C(CO)O2)c(=O)n1. The molecule has 2 aromatic carbocycles. The first-order valence-corrected chi connectivity index (χ1v) is 9.14.